The lowest BCUT2D eigenvalue weighted by Gasteiger charge is -2.10. The van der Waals surface area contributed by atoms with Gasteiger partial charge in [0.1, 0.15) is 0 Å². The fraction of sp³-hybridized carbons (Fsp3) is 0.250. The Morgan fingerprint density at radius 1 is 1.44 bits per heavy atom. The average molecular weight is 333 g/mol. The summed E-state index contributed by atoms with van der Waals surface area (Å²) in [5, 5.41) is 8.94. The zero-order chi connectivity index (χ0) is 14.1. The first-order chi connectivity index (χ1) is 8.15. The van der Waals surface area contributed by atoms with Crippen molar-refractivity contribution in [2.75, 3.05) is 5.75 Å². The van der Waals surface area contributed by atoms with Gasteiger partial charge in [0.15, 0.2) is 9.84 Å². The Kier molecular flexibility index (Phi) is 4.34. The molecule has 0 saturated heterocycles. The van der Waals surface area contributed by atoms with Gasteiger partial charge in [-0.3, -0.25) is 0 Å². The second-order valence-corrected chi connectivity index (χ2v) is 6.91. The number of halogens is 1. The molecule has 1 rings (SSSR count). The number of hydrogen-bond acceptors (Lipinski definition) is 3. The lowest BCUT2D eigenvalue weighted by atomic mass is 10.1. The van der Waals surface area contributed by atoms with E-state index in [9.17, 15) is 13.2 Å². The summed E-state index contributed by atoms with van der Waals surface area (Å²) in [4.78, 5) is 11.0. The minimum Gasteiger partial charge on any atom is -0.478 e. The summed E-state index contributed by atoms with van der Waals surface area (Å²) in [5.41, 5.74) is 0.945. The summed E-state index contributed by atoms with van der Waals surface area (Å²) in [7, 11) is -3.56. The van der Waals surface area contributed by atoms with Gasteiger partial charge in [-0.15, -0.1) is 0 Å². The van der Waals surface area contributed by atoms with Crippen LogP contribution in [0.2, 0.25) is 0 Å². The van der Waals surface area contributed by atoms with E-state index in [1.165, 1.54) is 12.1 Å². The smallest absolute Gasteiger partial charge is 0.335 e. The Bertz CT molecular complexity index is 617. The molecule has 1 aromatic rings. The SMILES string of the molecule is C=C(C)CS(=O)(=O)c1cc(C(=O)O)cc(Br)c1C. The lowest BCUT2D eigenvalue weighted by molar-refractivity contribution is 0.0696. The van der Waals surface area contributed by atoms with Gasteiger partial charge in [0.05, 0.1) is 16.2 Å². The molecular formula is C12H13BrO4S. The third-order valence-corrected chi connectivity index (χ3v) is 5.11. The molecule has 0 spiro atoms. The minimum atomic E-state index is -3.56. The van der Waals surface area contributed by atoms with Crippen LogP contribution < -0.4 is 0 Å². The molecule has 0 aliphatic carbocycles. The quantitative estimate of drug-likeness (QED) is 0.860. The van der Waals surface area contributed by atoms with Gasteiger partial charge in [0.2, 0.25) is 0 Å². The maximum absolute atomic E-state index is 12.1. The summed E-state index contributed by atoms with van der Waals surface area (Å²) in [6, 6.07) is 2.57. The van der Waals surface area contributed by atoms with E-state index in [2.05, 4.69) is 22.5 Å². The molecule has 1 N–H and O–H groups in total. The molecule has 98 valence electrons. The largest absolute Gasteiger partial charge is 0.478 e. The summed E-state index contributed by atoms with van der Waals surface area (Å²) in [5.74, 6) is -1.36. The fourth-order valence-electron chi connectivity index (χ4n) is 1.50. The van der Waals surface area contributed by atoms with Crippen LogP contribution in [0.15, 0.2) is 33.7 Å². The van der Waals surface area contributed by atoms with Crippen LogP contribution in [-0.4, -0.2) is 25.2 Å². The first-order valence-electron chi connectivity index (χ1n) is 5.05. The van der Waals surface area contributed by atoms with Crippen molar-refractivity contribution in [1.82, 2.24) is 0 Å². The van der Waals surface area contributed by atoms with Crippen molar-refractivity contribution in [2.24, 2.45) is 0 Å². The predicted molar refractivity (Wildman–Crippen MR) is 72.7 cm³/mol. The van der Waals surface area contributed by atoms with Gasteiger partial charge in [-0.05, 0) is 31.5 Å². The van der Waals surface area contributed by atoms with E-state index >= 15 is 0 Å². The number of carboxylic acids is 1. The predicted octanol–water partition coefficient (Wildman–Crippen LogP) is 2.81. The van der Waals surface area contributed by atoms with E-state index < -0.39 is 15.8 Å². The molecule has 4 nitrogen and oxygen atoms in total. The normalized spacial score (nSPS) is 11.3. The molecule has 0 aliphatic rings. The first-order valence-corrected chi connectivity index (χ1v) is 7.50. The molecule has 6 heteroatoms. The molecule has 1 aromatic carbocycles. The Hall–Kier alpha value is -1.14. The lowest BCUT2D eigenvalue weighted by Crippen LogP contribution is -2.11. The first kappa shape index (κ1) is 14.9. The highest BCUT2D eigenvalue weighted by Gasteiger charge is 2.21. The van der Waals surface area contributed by atoms with Crippen molar-refractivity contribution in [1.29, 1.82) is 0 Å². The van der Waals surface area contributed by atoms with Crippen LogP contribution in [0.5, 0.6) is 0 Å². The van der Waals surface area contributed by atoms with Gasteiger partial charge in [0.25, 0.3) is 0 Å². The van der Waals surface area contributed by atoms with Crippen LogP contribution >= 0.6 is 15.9 Å². The van der Waals surface area contributed by atoms with Gasteiger partial charge in [-0.25, -0.2) is 13.2 Å². The highest BCUT2D eigenvalue weighted by atomic mass is 79.9. The molecular weight excluding hydrogens is 320 g/mol. The fourth-order valence-corrected chi connectivity index (χ4v) is 3.78. The summed E-state index contributed by atoms with van der Waals surface area (Å²) < 4.78 is 24.7. The highest BCUT2D eigenvalue weighted by Crippen LogP contribution is 2.27. The van der Waals surface area contributed by atoms with Crippen LogP contribution in [0.25, 0.3) is 0 Å². The number of sulfone groups is 1. The molecule has 0 bridgehead atoms. The van der Waals surface area contributed by atoms with Gasteiger partial charge >= 0.3 is 5.97 Å². The molecule has 0 aromatic heterocycles. The number of aromatic carboxylic acids is 1. The highest BCUT2D eigenvalue weighted by molar-refractivity contribution is 9.10. The second-order valence-electron chi connectivity index (χ2n) is 4.10. The van der Waals surface area contributed by atoms with Crippen LogP contribution in [0.1, 0.15) is 22.8 Å². The molecule has 0 fully saturated rings. The average Bonchev–Trinajstić information content (AvgIpc) is 2.19. The molecule has 0 radical (unpaired) electrons. The van der Waals surface area contributed by atoms with Gasteiger partial charge in [0, 0.05) is 4.47 Å². The van der Waals surface area contributed by atoms with Crippen LogP contribution in [0.3, 0.4) is 0 Å². The Morgan fingerprint density at radius 3 is 2.44 bits per heavy atom. The molecule has 0 amide bonds. The zero-order valence-corrected chi connectivity index (χ0v) is 12.4. The third kappa shape index (κ3) is 3.20. The number of carbonyl (C=O) groups is 1. The van der Waals surface area contributed by atoms with Crippen molar-refractivity contribution < 1.29 is 18.3 Å². The Balaban J connectivity index is 3.49. The maximum atomic E-state index is 12.1. The summed E-state index contributed by atoms with van der Waals surface area (Å²) in [6.45, 7) is 6.81. The minimum absolute atomic E-state index is 0.0253. The molecule has 0 saturated carbocycles. The number of benzene rings is 1. The third-order valence-electron chi connectivity index (χ3n) is 2.32. The molecule has 0 aliphatic heterocycles. The van der Waals surface area contributed by atoms with E-state index in [4.69, 9.17) is 5.11 Å². The summed E-state index contributed by atoms with van der Waals surface area (Å²) >= 11 is 3.17. The van der Waals surface area contributed by atoms with Crippen molar-refractivity contribution in [3.8, 4) is 0 Å². The van der Waals surface area contributed by atoms with Gasteiger partial charge < -0.3 is 5.11 Å². The molecule has 0 atom stereocenters. The topological polar surface area (TPSA) is 71.4 Å². The van der Waals surface area contributed by atoms with E-state index in [1.54, 1.807) is 13.8 Å². The zero-order valence-electron chi connectivity index (χ0n) is 10.0. The van der Waals surface area contributed by atoms with Crippen LogP contribution in [0, 0.1) is 6.92 Å². The van der Waals surface area contributed by atoms with Crippen molar-refractivity contribution in [3.05, 3.63) is 39.9 Å². The van der Waals surface area contributed by atoms with Gasteiger partial charge in [-0.2, -0.15) is 0 Å². The maximum Gasteiger partial charge on any atom is 0.335 e. The van der Waals surface area contributed by atoms with E-state index in [-0.39, 0.29) is 16.2 Å². The Labute approximate surface area is 114 Å². The van der Waals surface area contributed by atoms with Crippen LogP contribution in [0.4, 0.5) is 0 Å². The molecule has 0 heterocycles. The standard InChI is InChI=1S/C12H13BrO4S/c1-7(2)6-18(16,17)11-5-9(12(14)15)4-10(13)8(11)3/h4-5H,1,6H2,2-3H3,(H,14,15). The number of hydrogen-bond donors (Lipinski definition) is 1. The van der Waals surface area contributed by atoms with E-state index in [1.807, 2.05) is 0 Å². The summed E-state index contributed by atoms with van der Waals surface area (Å²) in [6.07, 6.45) is 0. The van der Waals surface area contributed by atoms with Gasteiger partial charge in [-0.1, -0.05) is 28.1 Å². The van der Waals surface area contributed by atoms with Crippen molar-refractivity contribution >= 4 is 31.7 Å². The Morgan fingerprint density at radius 2 is 2.00 bits per heavy atom. The second kappa shape index (κ2) is 5.24. The molecule has 18 heavy (non-hydrogen) atoms. The van der Waals surface area contributed by atoms with E-state index in [0.717, 1.165) is 0 Å². The number of carboxylic acid groups (broad SMARTS) is 1. The monoisotopic (exact) mass is 332 g/mol. The van der Waals surface area contributed by atoms with Crippen LogP contribution in [-0.2, 0) is 9.84 Å². The molecule has 0 unspecified atom stereocenters. The van der Waals surface area contributed by atoms with E-state index in [0.29, 0.717) is 15.6 Å². The number of rotatable bonds is 4. The van der Waals surface area contributed by atoms with Crippen molar-refractivity contribution in [2.45, 2.75) is 18.7 Å². The van der Waals surface area contributed by atoms with Crippen molar-refractivity contribution in [3.63, 3.8) is 0 Å².